The average Bonchev–Trinajstić information content (AvgIpc) is 3.27. The molecule has 0 aliphatic carbocycles. The Kier molecular flexibility index (Phi) is 13.8. The lowest BCUT2D eigenvalue weighted by molar-refractivity contribution is 0.0943. The van der Waals surface area contributed by atoms with E-state index in [-0.39, 0.29) is 24.4 Å². The summed E-state index contributed by atoms with van der Waals surface area (Å²) in [6.07, 6.45) is 1.53. The third kappa shape index (κ3) is 9.41. The minimum Gasteiger partial charge on any atom is -0.493 e. The molecule has 1 heterocycles. The molecule has 11 heteroatoms. The van der Waals surface area contributed by atoms with E-state index in [1.807, 2.05) is 94.4 Å². The zero-order valence-corrected chi connectivity index (χ0v) is 36.3. The molecule has 0 aliphatic rings. The maximum atomic E-state index is 14.7. The minimum absolute atomic E-state index is 0.105. The lowest BCUT2D eigenvalue weighted by Gasteiger charge is -2.22. The van der Waals surface area contributed by atoms with Crippen molar-refractivity contribution in [2.75, 3.05) is 42.7 Å². The van der Waals surface area contributed by atoms with Crippen molar-refractivity contribution in [2.45, 2.75) is 46.5 Å². The topological polar surface area (TPSA) is 127 Å². The van der Waals surface area contributed by atoms with Crippen LogP contribution in [0.1, 0.15) is 73.0 Å². The number of hydrogen-bond donors (Lipinski definition) is 0. The molecule has 61 heavy (non-hydrogen) atoms. The molecule has 0 spiro atoms. The van der Waals surface area contributed by atoms with Crippen LogP contribution in [0.25, 0.3) is 10.9 Å². The molecule has 0 radical (unpaired) electrons. The average molecular weight is 822 g/mol. The molecule has 0 atom stereocenters. The van der Waals surface area contributed by atoms with Crippen LogP contribution in [0, 0.1) is 27.7 Å². The number of methoxy groups -OCH3 is 6. The molecule has 0 fully saturated rings. The van der Waals surface area contributed by atoms with E-state index < -0.39 is 5.92 Å². The predicted octanol–water partition coefficient (Wildman–Crippen LogP) is 10.7. The van der Waals surface area contributed by atoms with Crippen LogP contribution in [0.15, 0.2) is 101 Å². The number of carbonyl (C=O) groups excluding carboxylic acids is 2. The van der Waals surface area contributed by atoms with E-state index in [0.29, 0.717) is 68.1 Å². The van der Waals surface area contributed by atoms with E-state index in [2.05, 4.69) is 0 Å². The fourth-order valence-corrected chi connectivity index (χ4v) is 7.49. The van der Waals surface area contributed by atoms with E-state index in [9.17, 15) is 9.59 Å². The Morgan fingerprint density at radius 3 is 1.46 bits per heavy atom. The Hall–Kier alpha value is -7.01. The third-order valence-corrected chi connectivity index (χ3v) is 10.7. The van der Waals surface area contributed by atoms with Crippen molar-refractivity contribution in [3.8, 4) is 34.5 Å². The first kappa shape index (κ1) is 43.6. The van der Waals surface area contributed by atoms with E-state index in [4.69, 9.17) is 43.4 Å². The number of Topliss-reactive ketones (excluding diaryl/α,β-unsaturated/α-hetero) is 2. The van der Waals surface area contributed by atoms with Gasteiger partial charge in [-0.15, -0.1) is 0 Å². The van der Waals surface area contributed by atoms with Gasteiger partial charge in [-0.3, -0.25) is 14.6 Å². The highest BCUT2D eigenvalue weighted by Crippen LogP contribution is 2.42. The second-order valence-electron chi connectivity index (χ2n) is 14.6. The number of ketones is 2. The minimum atomic E-state index is -0.734. The molecule has 11 nitrogen and oxygen atoms in total. The van der Waals surface area contributed by atoms with Gasteiger partial charge >= 0.3 is 0 Å². The zero-order chi connectivity index (χ0) is 43.8. The summed E-state index contributed by atoms with van der Waals surface area (Å²) < 4.78 is 33.5. The second kappa shape index (κ2) is 19.4. The van der Waals surface area contributed by atoms with E-state index in [0.717, 1.165) is 39.0 Å². The van der Waals surface area contributed by atoms with Crippen molar-refractivity contribution >= 4 is 45.8 Å². The number of nitrogens with zero attached hydrogens (tertiary/aromatic N) is 3. The molecule has 6 aromatic rings. The number of fused-ring (bicyclic) bond motifs is 1. The molecule has 0 saturated carbocycles. The summed E-state index contributed by atoms with van der Waals surface area (Å²) in [7, 11) is 8.98. The number of carbonyl (C=O) groups is 2. The van der Waals surface area contributed by atoms with Gasteiger partial charge in [-0.05, 0) is 91.9 Å². The first-order valence-electron chi connectivity index (χ1n) is 19.8. The Balaban J connectivity index is 1.61. The summed E-state index contributed by atoms with van der Waals surface area (Å²) in [5.41, 5.74) is 8.43. The molecule has 0 N–H and O–H groups in total. The van der Waals surface area contributed by atoms with Crippen molar-refractivity contribution in [3.05, 3.63) is 136 Å². The van der Waals surface area contributed by atoms with Crippen LogP contribution < -0.4 is 28.4 Å². The van der Waals surface area contributed by atoms with Gasteiger partial charge < -0.3 is 28.4 Å². The van der Waals surface area contributed by atoms with E-state index in [1.165, 1.54) is 42.7 Å². The predicted molar refractivity (Wildman–Crippen MR) is 241 cm³/mol. The summed E-state index contributed by atoms with van der Waals surface area (Å²) in [6.45, 7) is 8.05. The van der Waals surface area contributed by atoms with Crippen molar-refractivity contribution in [2.24, 2.45) is 9.98 Å². The molecular formula is C50H51N3O8. The summed E-state index contributed by atoms with van der Waals surface area (Å²) >= 11 is 0. The first-order chi connectivity index (χ1) is 29.4. The number of aliphatic imine (C=N–C) groups is 2. The standard InChI is InChI=1S/C50H51N3O8/c1-29-15-13-16-30(2)46(29)51-28-39(53-47-31(3)17-14-18-32(47)4)48-37(21-33-19-11-12-20-38(33)52-48)34(22-40(54)35-24-42(56-5)49(60-9)43(25-35)57-6)23-41(55)36-26-44(58-7)50(61-10)45(27-36)59-8/h11-21,24-28,34H,22-23H2,1-10H3. The van der Waals surface area contributed by atoms with Gasteiger partial charge in [0.15, 0.2) is 34.6 Å². The van der Waals surface area contributed by atoms with Crippen LogP contribution in [-0.4, -0.2) is 71.1 Å². The molecule has 0 bridgehead atoms. The van der Waals surface area contributed by atoms with E-state index in [1.54, 1.807) is 30.5 Å². The van der Waals surface area contributed by atoms with Crippen LogP contribution in [0.2, 0.25) is 0 Å². The first-order valence-corrected chi connectivity index (χ1v) is 19.8. The smallest absolute Gasteiger partial charge is 0.203 e. The quantitative estimate of drug-likeness (QED) is 0.0652. The molecule has 6 rings (SSSR count). The Labute approximate surface area is 357 Å². The van der Waals surface area contributed by atoms with Gasteiger partial charge in [0.25, 0.3) is 0 Å². The van der Waals surface area contributed by atoms with Crippen molar-refractivity contribution < 1.29 is 38.0 Å². The number of pyridine rings is 1. The number of benzene rings is 5. The van der Waals surface area contributed by atoms with Gasteiger partial charge in [-0.1, -0.05) is 54.6 Å². The zero-order valence-electron chi connectivity index (χ0n) is 36.3. The highest BCUT2D eigenvalue weighted by Gasteiger charge is 2.29. The van der Waals surface area contributed by atoms with Gasteiger partial charge in [0.2, 0.25) is 11.5 Å². The molecule has 0 amide bonds. The van der Waals surface area contributed by atoms with Gasteiger partial charge in [0.1, 0.15) is 5.71 Å². The summed E-state index contributed by atoms with van der Waals surface area (Å²) in [5.74, 6) is 0.754. The number of hydrogen-bond acceptors (Lipinski definition) is 11. The molecule has 314 valence electrons. The van der Waals surface area contributed by atoms with Crippen molar-refractivity contribution in [1.82, 2.24) is 4.98 Å². The summed E-state index contributed by atoms with van der Waals surface area (Å²) in [5, 5.41) is 0.824. The van der Waals surface area contributed by atoms with Gasteiger partial charge in [-0.25, -0.2) is 9.98 Å². The monoisotopic (exact) mass is 821 g/mol. The molecule has 0 aliphatic heterocycles. The van der Waals surface area contributed by atoms with Crippen molar-refractivity contribution in [3.63, 3.8) is 0 Å². The Morgan fingerprint density at radius 1 is 0.574 bits per heavy atom. The van der Waals surface area contributed by atoms with Crippen LogP contribution >= 0.6 is 0 Å². The second-order valence-corrected chi connectivity index (χ2v) is 14.6. The van der Waals surface area contributed by atoms with Crippen LogP contribution in [0.3, 0.4) is 0 Å². The van der Waals surface area contributed by atoms with Gasteiger partial charge in [-0.2, -0.15) is 0 Å². The highest BCUT2D eigenvalue weighted by atomic mass is 16.5. The maximum Gasteiger partial charge on any atom is 0.203 e. The fraction of sp³-hybridized carbons (Fsp3) is 0.260. The van der Waals surface area contributed by atoms with Crippen LogP contribution in [0.5, 0.6) is 34.5 Å². The normalized spacial score (nSPS) is 11.6. The van der Waals surface area contributed by atoms with Crippen LogP contribution in [0.4, 0.5) is 11.4 Å². The maximum absolute atomic E-state index is 14.7. The Morgan fingerprint density at radius 2 is 1.02 bits per heavy atom. The molecule has 5 aromatic carbocycles. The van der Waals surface area contributed by atoms with E-state index >= 15 is 0 Å². The lowest BCUT2D eigenvalue weighted by Crippen LogP contribution is -2.18. The SMILES string of the molecule is COc1cc(C(=O)CC(CC(=O)c2cc(OC)c(OC)c(OC)c2)c2cc3ccccc3nc2C(C=Nc2c(C)cccc2C)=Nc2c(C)cccc2C)cc(OC)c1OC. The number of ether oxygens (including phenoxy) is 6. The molecule has 0 unspecified atom stereocenters. The summed E-state index contributed by atoms with van der Waals surface area (Å²) in [6, 6.07) is 28.3. The van der Waals surface area contributed by atoms with Gasteiger partial charge in [0, 0.05) is 35.3 Å². The van der Waals surface area contributed by atoms with Crippen molar-refractivity contribution in [1.29, 1.82) is 0 Å². The molecular weight excluding hydrogens is 771 g/mol. The number of para-hydroxylation sites is 3. The van der Waals surface area contributed by atoms with Crippen LogP contribution in [-0.2, 0) is 0 Å². The largest absolute Gasteiger partial charge is 0.493 e. The molecule has 0 saturated heterocycles. The highest BCUT2D eigenvalue weighted by molar-refractivity contribution is 6.39. The number of aryl methyl sites for hydroxylation is 4. The number of rotatable bonds is 17. The molecule has 1 aromatic heterocycles. The third-order valence-electron chi connectivity index (χ3n) is 10.7. The Bertz CT molecular complexity index is 2500. The lowest BCUT2D eigenvalue weighted by atomic mass is 9.84. The fourth-order valence-electron chi connectivity index (χ4n) is 7.49. The number of aromatic nitrogens is 1. The summed E-state index contributed by atoms with van der Waals surface area (Å²) in [4.78, 5) is 45.0. The van der Waals surface area contributed by atoms with Gasteiger partial charge in [0.05, 0.1) is 71.5 Å².